The smallest absolute Gasteiger partial charge is 0.253 e. The van der Waals surface area contributed by atoms with Crippen molar-refractivity contribution in [2.24, 2.45) is 0 Å². The molecule has 0 N–H and O–H groups in total. The first kappa shape index (κ1) is 22.0. The minimum absolute atomic E-state index is 0.0134. The lowest BCUT2D eigenvalue weighted by Crippen LogP contribution is -2.39. The zero-order valence-corrected chi connectivity index (χ0v) is 18.9. The monoisotopic (exact) mass is 455 g/mol. The summed E-state index contributed by atoms with van der Waals surface area (Å²) in [5, 5.41) is 0. The molecule has 1 saturated heterocycles. The molecule has 5 nitrogen and oxygen atoms in total. The molecular weight excluding hydrogens is 429 g/mol. The number of hydrogen-bond acceptors (Lipinski definition) is 4. The summed E-state index contributed by atoms with van der Waals surface area (Å²) in [4.78, 5) is 24.1. The molecule has 2 aromatic heterocycles. The number of pyridine rings is 1. The van der Waals surface area contributed by atoms with Crippen molar-refractivity contribution in [3.63, 3.8) is 0 Å². The Bertz CT molecular complexity index is 1250. The van der Waals surface area contributed by atoms with E-state index in [0.717, 1.165) is 42.0 Å². The Kier molecular flexibility index (Phi) is 6.47. The Morgan fingerprint density at radius 1 is 1.00 bits per heavy atom. The van der Waals surface area contributed by atoms with E-state index in [1.54, 1.807) is 30.6 Å². The van der Waals surface area contributed by atoms with Gasteiger partial charge in [0, 0.05) is 43.4 Å². The molecule has 4 aromatic rings. The molecule has 1 atom stereocenters. The van der Waals surface area contributed by atoms with Gasteiger partial charge in [0.25, 0.3) is 5.91 Å². The van der Waals surface area contributed by atoms with Gasteiger partial charge in [-0.3, -0.25) is 9.78 Å². The molecule has 1 fully saturated rings. The van der Waals surface area contributed by atoms with Crippen LogP contribution >= 0.6 is 0 Å². The normalized spacial score (nSPS) is 15.9. The summed E-state index contributed by atoms with van der Waals surface area (Å²) in [6, 6.07) is 20.2. The molecule has 0 bridgehead atoms. The van der Waals surface area contributed by atoms with Gasteiger partial charge in [-0.15, -0.1) is 0 Å². The standard InChI is InChI=1S/C28H26FN3O2/c29-24-10-8-21(9-11-24)16-26-18-31-27(34-26)23-7-4-14-32(19-23)28(33)22-12-13-30-25(17-22)15-20-5-2-1-3-6-20/h1-3,5-6,8-13,17-18,23H,4,7,14-16,19H2/t23-/m1/s1. The second-order valence-electron chi connectivity index (χ2n) is 8.76. The highest BCUT2D eigenvalue weighted by molar-refractivity contribution is 5.94. The van der Waals surface area contributed by atoms with Crippen LogP contribution in [0.4, 0.5) is 4.39 Å². The van der Waals surface area contributed by atoms with Crippen LogP contribution < -0.4 is 0 Å². The van der Waals surface area contributed by atoms with Crippen molar-refractivity contribution in [2.75, 3.05) is 13.1 Å². The number of nitrogens with zero attached hydrogens (tertiary/aromatic N) is 3. The number of aromatic nitrogens is 2. The average molecular weight is 456 g/mol. The van der Waals surface area contributed by atoms with Crippen molar-refractivity contribution in [3.8, 4) is 0 Å². The van der Waals surface area contributed by atoms with Crippen LogP contribution in [0.5, 0.6) is 0 Å². The van der Waals surface area contributed by atoms with Crippen molar-refractivity contribution in [3.05, 3.63) is 119 Å². The maximum absolute atomic E-state index is 13.3. The second kappa shape index (κ2) is 10.00. The molecule has 1 amide bonds. The van der Waals surface area contributed by atoms with E-state index in [1.807, 2.05) is 29.2 Å². The summed E-state index contributed by atoms with van der Waals surface area (Å²) in [7, 11) is 0. The summed E-state index contributed by atoms with van der Waals surface area (Å²) in [5.74, 6) is 1.22. The fraction of sp³-hybridized carbons (Fsp3) is 0.250. The molecule has 0 unspecified atom stereocenters. The third-order valence-corrected chi connectivity index (χ3v) is 6.21. The molecule has 0 spiro atoms. The van der Waals surface area contributed by atoms with E-state index in [1.165, 1.54) is 12.1 Å². The summed E-state index contributed by atoms with van der Waals surface area (Å²) >= 11 is 0. The van der Waals surface area contributed by atoms with Crippen LogP contribution in [0.1, 0.15) is 57.6 Å². The van der Waals surface area contributed by atoms with E-state index in [-0.39, 0.29) is 17.6 Å². The number of halogens is 1. The predicted molar refractivity (Wildman–Crippen MR) is 127 cm³/mol. The van der Waals surface area contributed by atoms with Gasteiger partial charge >= 0.3 is 0 Å². The Morgan fingerprint density at radius 2 is 1.79 bits per heavy atom. The van der Waals surface area contributed by atoms with E-state index >= 15 is 0 Å². The SMILES string of the molecule is O=C(c1ccnc(Cc2ccccc2)c1)N1CCC[C@@H](c2ncc(Cc3ccc(F)cc3)o2)C1. The second-order valence-corrected chi connectivity index (χ2v) is 8.76. The van der Waals surface area contributed by atoms with Crippen molar-refractivity contribution >= 4 is 5.91 Å². The van der Waals surface area contributed by atoms with Gasteiger partial charge in [-0.1, -0.05) is 42.5 Å². The van der Waals surface area contributed by atoms with E-state index < -0.39 is 0 Å². The molecule has 0 saturated carbocycles. The van der Waals surface area contributed by atoms with Crippen LogP contribution in [0.2, 0.25) is 0 Å². The van der Waals surface area contributed by atoms with Crippen LogP contribution in [0, 0.1) is 5.82 Å². The molecule has 0 aliphatic carbocycles. The molecule has 1 aliphatic rings. The lowest BCUT2D eigenvalue weighted by Gasteiger charge is -2.31. The summed E-state index contributed by atoms with van der Waals surface area (Å²) in [6.07, 6.45) is 6.52. The highest BCUT2D eigenvalue weighted by Crippen LogP contribution is 2.28. The minimum Gasteiger partial charge on any atom is -0.445 e. The Balaban J connectivity index is 1.25. The first-order valence-electron chi connectivity index (χ1n) is 11.6. The number of rotatable bonds is 6. The van der Waals surface area contributed by atoms with Gasteiger partial charge < -0.3 is 9.32 Å². The van der Waals surface area contributed by atoms with Gasteiger partial charge in [0.2, 0.25) is 0 Å². The maximum Gasteiger partial charge on any atom is 0.253 e. The van der Waals surface area contributed by atoms with Crippen LogP contribution in [-0.4, -0.2) is 33.9 Å². The zero-order valence-electron chi connectivity index (χ0n) is 18.9. The first-order chi connectivity index (χ1) is 16.6. The fourth-order valence-corrected chi connectivity index (χ4v) is 4.46. The number of carbonyl (C=O) groups excluding carboxylic acids is 1. The fourth-order valence-electron chi connectivity index (χ4n) is 4.46. The van der Waals surface area contributed by atoms with Gasteiger partial charge in [0.05, 0.1) is 12.1 Å². The van der Waals surface area contributed by atoms with Crippen molar-refractivity contribution in [1.82, 2.24) is 14.9 Å². The molecule has 5 rings (SSSR count). The summed E-state index contributed by atoms with van der Waals surface area (Å²) in [5.41, 5.74) is 3.67. The Morgan fingerprint density at radius 3 is 2.62 bits per heavy atom. The van der Waals surface area contributed by atoms with E-state index in [9.17, 15) is 9.18 Å². The highest BCUT2D eigenvalue weighted by atomic mass is 19.1. The van der Waals surface area contributed by atoms with Crippen LogP contribution in [0.15, 0.2) is 83.5 Å². The Labute approximate surface area is 198 Å². The number of benzene rings is 2. The van der Waals surface area contributed by atoms with Gasteiger partial charge in [0.15, 0.2) is 5.89 Å². The molecule has 6 heteroatoms. The zero-order chi connectivity index (χ0) is 23.3. The van der Waals surface area contributed by atoms with Crippen molar-refractivity contribution < 1.29 is 13.6 Å². The lowest BCUT2D eigenvalue weighted by atomic mass is 9.97. The number of oxazole rings is 1. The third-order valence-electron chi connectivity index (χ3n) is 6.21. The van der Waals surface area contributed by atoms with Crippen LogP contribution in [0.25, 0.3) is 0 Å². The highest BCUT2D eigenvalue weighted by Gasteiger charge is 2.28. The van der Waals surface area contributed by atoms with Gasteiger partial charge in [-0.2, -0.15) is 0 Å². The molecule has 1 aliphatic heterocycles. The number of amides is 1. The first-order valence-corrected chi connectivity index (χ1v) is 11.6. The number of carbonyl (C=O) groups is 1. The molecule has 172 valence electrons. The largest absolute Gasteiger partial charge is 0.445 e. The minimum atomic E-state index is -0.254. The Hall–Kier alpha value is -3.80. The van der Waals surface area contributed by atoms with Crippen LogP contribution in [0.3, 0.4) is 0 Å². The van der Waals surface area contributed by atoms with Gasteiger partial charge in [-0.05, 0) is 48.2 Å². The molecule has 0 radical (unpaired) electrons. The van der Waals surface area contributed by atoms with Gasteiger partial charge in [0.1, 0.15) is 11.6 Å². The third kappa shape index (κ3) is 5.22. The van der Waals surface area contributed by atoms with Crippen LogP contribution in [-0.2, 0) is 12.8 Å². The molecular formula is C28H26FN3O2. The van der Waals surface area contributed by atoms with Gasteiger partial charge in [-0.25, -0.2) is 9.37 Å². The number of likely N-dealkylation sites (tertiary alicyclic amines) is 1. The van der Waals surface area contributed by atoms with E-state index in [2.05, 4.69) is 22.1 Å². The summed E-state index contributed by atoms with van der Waals surface area (Å²) in [6.45, 7) is 1.29. The quantitative estimate of drug-likeness (QED) is 0.390. The van der Waals surface area contributed by atoms with E-state index in [4.69, 9.17) is 4.42 Å². The lowest BCUT2D eigenvalue weighted by molar-refractivity contribution is 0.0697. The average Bonchev–Trinajstić information content (AvgIpc) is 3.34. The number of hydrogen-bond donors (Lipinski definition) is 0. The molecule has 3 heterocycles. The summed E-state index contributed by atoms with van der Waals surface area (Å²) < 4.78 is 19.2. The maximum atomic E-state index is 13.3. The van der Waals surface area contributed by atoms with Crippen molar-refractivity contribution in [1.29, 1.82) is 0 Å². The van der Waals surface area contributed by atoms with Crippen molar-refractivity contribution in [2.45, 2.75) is 31.6 Å². The predicted octanol–water partition coefficient (Wildman–Crippen LogP) is 5.41. The topological polar surface area (TPSA) is 59.2 Å². The molecule has 2 aromatic carbocycles. The van der Waals surface area contributed by atoms with E-state index in [0.29, 0.717) is 30.8 Å². The molecule has 34 heavy (non-hydrogen) atoms. The number of piperidine rings is 1.